The molecule has 1 saturated heterocycles. The zero-order chi connectivity index (χ0) is 20.1. The summed E-state index contributed by atoms with van der Waals surface area (Å²) in [7, 11) is 0. The van der Waals surface area contributed by atoms with Crippen molar-refractivity contribution in [3.63, 3.8) is 0 Å². The van der Waals surface area contributed by atoms with Crippen LogP contribution in [-0.2, 0) is 11.3 Å². The monoisotopic (exact) mass is 512 g/mol. The van der Waals surface area contributed by atoms with E-state index < -0.39 is 5.60 Å². The summed E-state index contributed by atoms with van der Waals surface area (Å²) in [6, 6.07) is 9.94. The van der Waals surface area contributed by atoms with Crippen molar-refractivity contribution in [1.82, 2.24) is 19.6 Å². The third-order valence-corrected chi connectivity index (χ3v) is 4.36. The van der Waals surface area contributed by atoms with Gasteiger partial charge in [-0.1, -0.05) is 12.1 Å². The lowest BCUT2D eigenvalue weighted by atomic mass is 10.2. The number of hydrogen-bond acceptors (Lipinski definition) is 4. The number of hydrogen-bond donors (Lipinski definition) is 1. The van der Waals surface area contributed by atoms with Crippen LogP contribution >= 0.6 is 24.0 Å². The minimum atomic E-state index is -0.487. The van der Waals surface area contributed by atoms with Crippen molar-refractivity contribution < 1.29 is 9.53 Å². The molecule has 1 amide bonds. The maximum atomic E-state index is 12.1. The van der Waals surface area contributed by atoms with Crippen LogP contribution in [0.3, 0.4) is 0 Å². The van der Waals surface area contributed by atoms with Gasteiger partial charge in [0.15, 0.2) is 5.96 Å². The fraction of sp³-hybridized carbons (Fsp3) is 0.450. The summed E-state index contributed by atoms with van der Waals surface area (Å²) in [4.78, 5) is 20.4. The fourth-order valence-electron chi connectivity index (χ4n) is 2.94. The standard InChI is InChI=1S/C20H28N6O2.HI/c1-20(2,3)28-19(27)25-12-10-24(11-13-25)18(21)22-15-16-6-4-7-17(14-16)26-9-5-8-23-26;/h4-9,14H,10-13,15H2,1-3H3,(H2,21,22);1H. The number of carbonyl (C=O) groups is 1. The van der Waals surface area contributed by atoms with Gasteiger partial charge < -0.3 is 20.3 Å². The second-order valence-electron chi connectivity index (χ2n) is 7.75. The molecule has 9 heteroatoms. The summed E-state index contributed by atoms with van der Waals surface area (Å²) in [6.07, 6.45) is 3.37. The van der Waals surface area contributed by atoms with Gasteiger partial charge in [-0.05, 0) is 44.5 Å². The van der Waals surface area contributed by atoms with Crippen LogP contribution < -0.4 is 5.73 Å². The number of piperazine rings is 1. The first-order valence-electron chi connectivity index (χ1n) is 9.43. The molecular weight excluding hydrogens is 483 g/mol. The number of nitrogens with zero attached hydrogens (tertiary/aromatic N) is 5. The minimum Gasteiger partial charge on any atom is -0.444 e. The first-order chi connectivity index (χ1) is 13.3. The molecule has 158 valence electrons. The number of ether oxygens (including phenoxy) is 1. The Bertz CT molecular complexity index is 824. The topological polar surface area (TPSA) is 89.0 Å². The molecule has 2 aromatic rings. The molecule has 0 atom stereocenters. The van der Waals surface area contributed by atoms with Crippen molar-refractivity contribution in [3.8, 4) is 5.69 Å². The van der Waals surface area contributed by atoms with Gasteiger partial charge in [-0.2, -0.15) is 5.10 Å². The van der Waals surface area contributed by atoms with Crippen molar-refractivity contribution in [2.75, 3.05) is 26.2 Å². The van der Waals surface area contributed by atoms with Gasteiger partial charge in [0.2, 0.25) is 0 Å². The van der Waals surface area contributed by atoms with E-state index in [1.54, 1.807) is 11.1 Å². The molecule has 3 rings (SSSR count). The minimum absolute atomic E-state index is 0. The molecule has 1 aliphatic heterocycles. The summed E-state index contributed by atoms with van der Waals surface area (Å²) in [6.45, 7) is 8.52. The molecule has 0 spiro atoms. The van der Waals surface area contributed by atoms with Crippen molar-refractivity contribution in [3.05, 3.63) is 48.3 Å². The predicted octanol–water partition coefficient (Wildman–Crippen LogP) is 2.86. The molecule has 2 N–H and O–H groups in total. The van der Waals surface area contributed by atoms with Crippen molar-refractivity contribution in [2.45, 2.75) is 32.9 Å². The van der Waals surface area contributed by atoms with E-state index in [0.29, 0.717) is 38.7 Å². The molecular formula is C20H29IN6O2. The van der Waals surface area contributed by atoms with E-state index >= 15 is 0 Å². The third kappa shape index (κ3) is 6.62. The highest BCUT2D eigenvalue weighted by molar-refractivity contribution is 14.0. The third-order valence-electron chi connectivity index (χ3n) is 4.36. The normalized spacial score (nSPS) is 15.1. The molecule has 1 fully saturated rings. The lowest BCUT2D eigenvalue weighted by molar-refractivity contribution is 0.0186. The van der Waals surface area contributed by atoms with Gasteiger partial charge in [-0.25, -0.2) is 14.5 Å². The smallest absolute Gasteiger partial charge is 0.410 e. The van der Waals surface area contributed by atoms with Gasteiger partial charge in [0.05, 0.1) is 12.2 Å². The average molecular weight is 512 g/mol. The molecule has 2 heterocycles. The highest BCUT2D eigenvalue weighted by atomic mass is 127. The molecule has 0 aliphatic carbocycles. The van der Waals surface area contributed by atoms with Gasteiger partial charge in [0, 0.05) is 38.6 Å². The Balaban J connectivity index is 0.00000300. The Morgan fingerprint density at radius 2 is 1.86 bits per heavy atom. The number of halogens is 1. The van der Waals surface area contributed by atoms with Gasteiger partial charge in [-0.15, -0.1) is 24.0 Å². The number of nitrogens with two attached hydrogens (primary N) is 1. The van der Waals surface area contributed by atoms with Crippen LogP contribution in [-0.4, -0.2) is 63.4 Å². The second kappa shape index (κ2) is 9.95. The number of aromatic nitrogens is 2. The van der Waals surface area contributed by atoms with E-state index in [-0.39, 0.29) is 30.1 Å². The first kappa shape index (κ1) is 23.0. The molecule has 0 bridgehead atoms. The highest BCUT2D eigenvalue weighted by Crippen LogP contribution is 2.13. The number of carbonyl (C=O) groups excluding carboxylic acids is 1. The predicted molar refractivity (Wildman–Crippen MR) is 124 cm³/mol. The largest absolute Gasteiger partial charge is 0.444 e. The summed E-state index contributed by atoms with van der Waals surface area (Å²) < 4.78 is 7.23. The van der Waals surface area contributed by atoms with Gasteiger partial charge in [0.1, 0.15) is 5.60 Å². The zero-order valence-corrected chi connectivity index (χ0v) is 19.4. The van der Waals surface area contributed by atoms with Gasteiger partial charge in [0.25, 0.3) is 0 Å². The maximum Gasteiger partial charge on any atom is 0.410 e. The van der Waals surface area contributed by atoms with Crippen molar-refractivity contribution >= 4 is 36.0 Å². The molecule has 1 aromatic carbocycles. The van der Waals surface area contributed by atoms with Crippen molar-refractivity contribution in [2.24, 2.45) is 10.7 Å². The summed E-state index contributed by atoms with van der Waals surface area (Å²) >= 11 is 0. The van der Waals surface area contributed by atoms with Crippen molar-refractivity contribution in [1.29, 1.82) is 0 Å². The molecule has 8 nitrogen and oxygen atoms in total. The van der Waals surface area contributed by atoms with E-state index in [4.69, 9.17) is 10.5 Å². The Hall–Kier alpha value is -2.30. The number of benzene rings is 1. The van der Waals surface area contributed by atoms with Crippen LogP contribution in [0, 0.1) is 0 Å². The van der Waals surface area contributed by atoms with Crippen LogP contribution in [0.25, 0.3) is 5.69 Å². The molecule has 29 heavy (non-hydrogen) atoms. The number of aliphatic imine (C=N–C) groups is 1. The summed E-state index contributed by atoms with van der Waals surface area (Å²) in [5.41, 5.74) is 7.74. The quantitative estimate of drug-likeness (QED) is 0.388. The number of guanidine groups is 1. The zero-order valence-electron chi connectivity index (χ0n) is 17.1. The Labute approximate surface area is 188 Å². The van der Waals surface area contributed by atoms with E-state index in [1.165, 1.54) is 0 Å². The lowest BCUT2D eigenvalue weighted by Gasteiger charge is -2.36. The molecule has 0 unspecified atom stereocenters. The lowest BCUT2D eigenvalue weighted by Crippen LogP contribution is -2.53. The Kier molecular flexibility index (Phi) is 7.88. The van der Waals surface area contributed by atoms with Crippen LogP contribution in [0.1, 0.15) is 26.3 Å². The molecule has 1 aromatic heterocycles. The first-order valence-corrected chi connectivity index (χ1v) is 9.43. The Morgan fingerprint density at radius 1 is 1.17 bits per heavy atom. The number of amides is 1. The second-order valence-corrected chi connectivity index (χ2v) is 7.75. The average Bonchev–Trinajstić information content (AvgIpc) is 3.20. The fourth-order valence-corrected chi connectivity index (χ4v) is 2.94. The Morgan fingerprint density at radius 3 is 2.48 bits per heavy atom. The van der Waals surface area contributed by atoms with Crippen LogP contribution in [0.2, 0.25) is 0 Å². The SMILES string of the molecule is CC(C)(C)OC(=O)N1CCN(C(N)=NCc2cccc(-n3cccn3)c2)CC1.I. The van der Waals surface area contributed by atoms with Crippen LogP contribution in [0.4, 0.5) is 4.79 Å². The van der Waals surface area contributed by atoms with Crippen LogP contribution in [0.15, 0.2) is 47.7 Å². The molecule has 0 radical (unpaired) electrons. The summed E-state index contributed by atoms with van der Waals surface area (Å²) in [5.74, 6) is 0.494. The van der Waals surface area contributed by atoms with Gasteiger partial charge >= 0.3 is 6.09 Å². The molecule has 1 aliphatic rings. The van der Waals surface area contributed by atoms with E-state index in [1.807, 2.05) is 66.9 Å². The van der Waals surface area contributed by atoms with Gasteiger partial charge in [-0.3, -0.25) is 0 Å². The van der Waals surface area contributed by atoms with Crippen LogP contribution in [0.5, 0.6) is 0 Å². The van der Waals surface area contributed by atoms with E-state index in [0.717, 1.165) is 11.3 Å². The number of rotatable bonds is 3. The maximum absolute atomic E-state index is 12.1. The highest BCUT2D eigenvalue weighted by Gasteiger charge is 2.26. The molecule has 0 saturated carbocycles. The van der Waals surface area contributed by atoms with E-state index in [2.05, 4.69) is 10.1 Å². The summed E-state index contributed by atoms with van der Waals surface area (Å²) in [5, 5.41) is 4.25. The van der Waals surface area contributed by atoms with E-state index in [9.17, 15) is 4.79 Å².